The molecule has 0 saturated carbocycles. The van der Waals surface area contributed by atoms with Crippen molar-refractivity contribution in [1.82, 2.24) is 5.32 Å². The largest absolute Gasteiger partial charge is 0.497 e. The summed E-state index contributed by atoms with van der Waals surface area (Å²) in [5.74, 6) is 0.171. The Kier molecular flexibility index (Phi) is 5.37. The number of fused-ring (bicyclic) bond motifs is 1. The topological polar surface area (TPSA) is 68.5 Å². The van der Waals surface area contributed by atoms with Gasteiger partial charge < -0.3 is 14.5 Å². The minimum absolute atomic E-state index is 0.00854. The van der Waals surface area contributed by atoms with Crippen LogP contribution in [0.4, 0.5) is 0 Å². The van der Waals surface area contributed by atoms with E-state index in [0.717, 1.165) is 12.8 Å². The minimum Gasteiger partial charge on any atom is -0.497 e. The van der Waals surface area contributed by atoms with Gasteiger partial charge in [0.25, 0.3) is 5.91 Å². The van der Waals surface area contributed by atoms with E-state index >= 15 is 0 Å². The summed E-state index contributed by atoms with van der Waals surface area (Å²) in [6.07, 6.45) is 1.64. The van der Waals surface area contributed by atoms with Crippen LogP contribution in [-0.4, -0.2) is 19.1 Å². The molecule has 0 spiro atoms. The van der Waals surface area contributed by atoms with Gasteiger partial charge in [-0.1, -0.05) is 30.3 Å². The Hall–Kier alpha value is -3.08. The molecule has 3 rings (SSSR count). The number of hydrogen-bond donors (Lipinski definition) is 1. The van der Waals surface area contributed by atoms with Gasteiger partial charge in [0, 0.05) is 17.5 Å². The summed E-state index contributed by atoms with van der Waals surface area (Å²) in [4.78, 5) is 24.6. The lowest BCUT2D eigenvalue weighted by atomic mass is 10.1. The van der Waals surface area contributed by atoms with E-state index in [1.54, 1.807) is 24.3 Å². The third-order valence-corrected chi connectivity index (χ3v) is 4.27. The average Bonchev–Trinajstić information content (AvgIpc) is 2.66. The van der Waals surface area contributed by atoms with Gasteiger partial charge in [0.1, 0.15) is 16.9 Å². The molecule has 26 heavy (non-hydrogen) atoms. The van der Waals surface area contributed by atoms with Crippen LogP contribution in [0, 0.1) is 0 Å². The summed E-state index contributed by atoms with van der Waals surface area (Å²) in [6, 6.07) is 16.7. The number of aryl methyl sites for hydroxylation is 1. The van der Waals surface area contributed by atoms with E-state index in [1.165, 1.54) is 12.7 Å². The molecule has 0 radical (unpaired) electrons. The maximum Gasteiger partial charge on any atom is 0.349 e. The van der Waals surface area contributed by atoms with E-state index in [1.807, 2.05) is 25.1 Å². The van der Waals surface area contributed by atoms with Crippen LogP contribution >= 0.6 is 0 Å². The molecule has 0 aliphatic carbocycles. The van der Waals surface area contributed by atoms with Gasteiger partial charge in [0.15, 0.2) is 0 Å². The van der Waals surface area contributed by atoms with Crippen LogP contribution in [0.2, 0.25) is 0 Å². The van der Waals surface area contributed by atoms with Crippen LogP contribution < -0.4 is 15.7 Å². The van der Waals surface area contributed by atoms with Gasteiger partial charge in [-0.3, -0.25) is 4.79 Å². The van der Waals surface area contributed by atoms with E-state index in [0.29, 0.717) is 16.7 Å². The SMILES string of the molecule is COc1ccc2cc(C(=O)N[C@H](C)CCc3ccccc3)c(=O)oc2c1. The first kappa shape index (κ1) is 17.7. The number of ether oxygens (including phenoxy) is 1. The van der Waals surface area contributed by atoms with Crippen molar-refractivity contribution in [3.8, 4) is 5.75 Å². The standard InChI is InChI=1S/C21H21NO4/c1-14(8-9-15-6-4-3-5-7-15)22-20(23)18-12-16-10-11-17(25-2)13-19(16)26-21(18)24/h3-7,10-14H,8-9H2,1-2H3,(H,22,23)/t14-/m1/s1. The summed E-state index contributed by atoms with van der Waals surface area (Å²) in [5, 5.41) is 3.54. The molecular formula is C21H21NO4. The minimum atomic E-state index is -0.654. The zero-order chi connectivity index (χ0) is 18.5. The van der Waals surface area contributed by atoms with Crippen LogP contribution in [0.1, 0.15) is 29.3 Å². The molecule has 134 valence electrons. The Balaban J connectivity index is 1.70. The second kappa shape index (κ2) is 7.87. The van der Waals surface area contributed by atoms with Crippen molar-refractivity contribution in [3.63, 3.8) is 0 Å². The monoisotopic (exact) mass is 351 g/mol. The maximum absolute atomic E-state index is 12.5. The van der Waals surface area contributed by atoms with Gasteiger partial charge in [-0.15, -0.1) is 0 Å². The summed E-state index contributed by atoms with van der Waals surface area (Å²) in [6.45, 7) is 1.92. The first-order chi connectivity index (χ1) is 12.6. The normalized spacial score (nSPS) is 11.9. The van der Waals surface area contributed by atoms with Crippen LogP contribution in [0.15, 0.2) is 63.8 Å². The third kappa shape index (κ3) is 4.11. The van der Waals surface area contributed by atoms with Gasteiger partial charge >= 0.3 is 5.63 Å². The Morgan fingerprint density at radius 2 is 1.92 bits per heavy atom. The molecule has 1 atom stereocenters. The number of hydrogen-bond acceptors (Lipinski definition) is 4. The van der Waals surface area contributed by atoms with Crippen molar-refractivity contribution < 1.29 is 13.9 Å². The Morgan fingerprint density at radius 3 is 2.65 bits per heavy atom. The van der Waals surface area contributed by atoms with Crippen molar-refractivity contribution in [2.45, 2.75) is 25.8 Å². The fraction of sp³-hybridized carbons (Fsp3) is 0.238. The summed E-state index contributed by atoms with van der Waals surface area (Å²) >= 11 is 0. The molecule has 0 aliphatic heterocycles. The predicted octanol–water partition coefficient (Wildman–Crippen LogP) is 3.55. The van der Waals surface area contributed by atoms with Crippen molar-refractivity contribution in [2.24, 2.45) is 0 Å². The summed E-state index contributed by atoms with van der Waals surface area (Å²) < 4.78 is 10.4. The molecule has 0 aliphatic rings. The van der Waals surface area contributed by atoms with E-state index in [9.17, 15) is 9.59 Å². The molecule has 1 N–H and O–H groups in total. The highest BCUT2D eigenvalue weighted by atomic mass is 16.5. The molecular weight excluding hydrogens is 330 g/mol. The van der Waals surface area contributed by atoms with Gasteiger partial charge in [-0.2, -0.15) is 0 Å². The second-order valence-electron chi connectivity index (χ2n) is 6.25. The predicted molar refractivity (Wildman–Crippen MR) is 101 cm³/mol. The fourth-order valence-corrected chi connectivity index (χ4v) is 2.78. The molecule has 0 fully saturated rings. The van der Waals surface area contributed by atoms with Crippen LogP contribution in [0.25, 0.3) is 11.0 Å². The second-order valence-corrected chi connectivity index (χ2v) is 6.25. The van der Waals surface area contributed by atoms with Crippen molar-refractivity contribution in [3.05, 3.63) is 76.1 Å². The number of nitrogens with one attached hydrogen (secondary N) is 1. The smallest absolute Gasteiger partial charge is 0.349 e. The highest BCUT2D eigenvalue weighted by Gasteiger charge is 2.16. The highest BCUT2D eigenvalue weighted by Crippen LogP contribution is 2.20. The molecule has 1 heterocycles. The zero-order valence-electron chi connectivity index (χ0n) is 14.8. The molecule has 1 amide bonds. The number of carbonyl (C=O) groups is 1. The molecule has 0 bridgehead atoms. The van der Waals surface area contributed by atoms with E-state index in [-0.39, 0.29) is 11.6 Å². The lowest BCUT2D eigenvalue weighted by molar-refractivity contribution is 0.0935. The van der Waals surface area contributed by atoms with E-state index < -0.39 is 11.5 Å². The van der Waals surface area contributed by atoms with Gasteiger partial charge in [-0.05, 0) is 43.5 Å². The first-order valence-electron chi connectivity index (χ1n) is 8.53. The first-order valence-corrected chi connectivity index (χ1v) is 8.53. The maximum atomic E-state index is 12.5. The van der Waals surface area contributed by atoms with Crippen molar-refractivity contribution >= 4 is 16.9 Å². The molecule has 5 nitrogen and oxygen atoms in total. The summed E-state index contributed by atoms with van der Waals surface area (Å²) in [7, 11) is 1.54. The van der Waals surface area contributed by atoms with Gasteiger partial charge in [-0.25, -0.2) is 4.79 Å². The van der Waals surface area contributed by atoms with Crippen molar-refractivity contribution in [1.29, 1.82) is 0 Å². The Morgan fingerprint density at radius 1 is 1.15 bits per heavy atom. The average molecular weight is 351 g/mol. The number of carbonyl (C=O) groups excluding carboxylic acids is 1. The fourth-order valence-electron chi connectivity index (χ4n) is 2.78. The molecule has 1 aromatic heterocycles. The van der Waals surface area contributed by atoms with Gasteiger partial charge in [0.2, 0.25) is 0 Å². The molecule has 5 heteroatoms. The lowest BCUT2D eigenvalue weighted by Gasteiger charge is -2.13. The number of amides is 1. The van der Waals surface area contributed by atoms with Crippen LogP contribution in [0.5, 0.6) is 5.75 Å². The van der Waals surface area contributed by atoms with Crippen LogP contribution in [0.3, 0.4) is 0 Å². The molecule has 3 aromatic rings. The number of benzene rings is 2. The van der Waals surface area contributed by atoms with Crippen molar-refractivity contribution in [2.75, 3.05) is 7.11 Å². The van der Waals surface area contributed by atoms with Crippen LogP contribution in [-0.2, 0) is 6.42 Å². The molecule has 2 aromatic carbocycles. The Bertz CT molecular complexity index is 963. The summed E-state index contributed by atoms with van der Waals surface area (Å²) in [5.41, 5.74) is 0.962. The number of methoxy groups -OCH3 is 1. The quantitative estimate of drug-likeness (QED) is 0.690. The van der Waals surface area contributed by atoms with E-state index in [2.05, 4.69) is 17.4 Å². The lowest BCUT2D eigenvalue weighted by Crippen LogP contribution is -2.35. The third-order valence-electron chi connectivity index (χ3n) is 4.27. The highest BCUT2D eigenvalue weighted by molar-refractivity contribution is 5.96. The number of rotatable bonds is 6. The zero-order valence-corrected chi connectivity index (χ0v) is 14.8. The molecule has 0 saturated heterocycles. The van der Waals surface area contributed by atoms with Gasteiger partial charge in [0.05, 0.1) is 7.11 Å². The van der Waals surface area contributed by atoms with E-state index in [4.69, 9.17) is 9.15 Å². The molecule has 0 unspecified atom stereocenters. The Labute approximate surface area is 151 Å².